The smallest absolute Gasteiger partial charge is 0.337 e. The van der Waals surface area contributed by atoms with Gasteiger partial charge in [0.15, 0.2) is 6.10 Å². The Labute approximate surface area is 163 Å². The van der Waals surface area contributed by atoms with E-state index < -0.39 is 29.9 Å². The summed E-state index contributed by atoms with van der Waals surface area (Å²) in [5.41, 5.74) is 1.87. The van der Waals surface area contributed by atoms with Crippen LogP contribution < -0.4 is 10.4 Å². The van der Waals surface area contributed by atoms with E-state index in [1.165, 1.54) is 7.11 Å². The van der Waals surface area contributed by atoms with Crippen LogP contribution in [-0.4, -0.2) is 31.0 Å². The zero-order valence-corrected chi connectivity index (χ0v) is 15.8. The van der Waals surface area contributed by atoms with E-state index in [0.29, 0.717) is 5.56 Å². The molecule has 2 amide bonds. The Morgan fingerprint density at radius 3 is 2.37 bits per heavy atom. The number of ether oxygens (including phenoxy) is 1. The van der Waals surface area contributed by atoms with E-state index in [1.807, 2.05) is 24.3 Å². The van der Waals surface area contributed by atoms with Gasteiger partial charge in [0.2, 0.25) is 5.91 Å². The van der Waals surface area contributed by atoms with Crippen molar-refractivity contribution in [3.63, 3.8) is 0 Å². The van der Waals surface area contributed by atoms with Gasteiger partial charge in [-0.3, -0.25) is 19.7 Å². The molecular formula is C19H15BrN2O5. The number of halogens is 1. The molecule has 7 nitrogen and oxygen atoms in total. The van der Waals surface area contributed by atoms with E-state index in [9.17, 15) is 14.4 Å². The Morgan fingerprint density at radius 1 is 1.07 bits per heavy atom. The molecule has 8 heteroatoms. The number of methoxy groups -OCH3 is 1. The molecule has 0 aromatic heterocycles. The zero-order chi connectivity index (χ0) is 19.1. The fourth-order valence-corrected chi connectivity index (χ4v) is 3.68. The number of carbonyl (C=O) groups excluding carboxylic acids is 3. The predicted molar refractivity (Wildman–Crippen MR) is 98.7 cm³/mol. The van der Waals surface area contributed by atoms with Crippen molar-refractivity contribution in [1.29, 1.82) is 0 Å². The predicted octanol–water partition coefficient (Wildman–Crippen LogP) is 2.37. The first-order valence-electron chi connectivity index (χ1n) is 8.24. The van der Waals surface area contributed by atoms with Crippen LogP contribution in [0.3, 0.4) is 0 Å². The number of amides is 2. The standard InChI is InChI=1S/C19H15BrN2O5/c1-26-19(25)11-4-2-10(3-5-11)15-14-16(18(24)21-17(14)23)27-22(15)13-8-6-12(20)7-9-13/h2-9,14-16H,1H3,(H,21,23,24)/t14-,15-,16-/m1/s1. The van der Waals surface area contributed by atoms with Crippen LogP contribution in [0.25, 0.3) is 0 Å². The van der Waals surface area contributed by atoms with Crippen molar-refractivity contribution in [1.82, 2.24) is 5.32 Å². The van der Waals surface area contributed by atoms with Gasteiger partial charge < -0.3 is 4.74 Å². The number of anilines is 1. The first kappa shape index (κ1) is 17.7. The van der Waals surface area contributed by atoms with Crippen LogP contribution >= 0.6 is 15.9 Å². The Bertz CT molecular complexity index is 913. The fourth-order valence-electron chi connectivity index (χ4n) is 3.42. The molecule has 0 bridgehead atoms. The van der Waals surface area contributed by atoms with Crippen LogP contribution in [0.2, 0.25) is 0 Å². The minimum absolute atomic E-state index is 0.369. The number of benzene rings is 2. The minimum Gasteiger partial charge on any atom is -0.465 e. The van der Waals surface area contributed by atoms with Gasteiger partial charge in [-0.15, -0.1) is 0 Å². The van der Waals surface area contributed by atoms with Crippen LogP contribution in [0.4, 0.5) is 5.69 Å². The topological polar surface area (TPSA) is 84.9 Å². The molecular weight excluding hydrogens is 416 g/mol. The number of hydroxylamine groups is 1. The summed E-state index contributed by atoms with van der Waals surface area (Å²) in [6, 6.07) is 13.6. The Kier molecular flexibility index (Phi) is 4.45. The zero-order valence-electron chi connectivity index (χ0n) is 14.2. The molecule has 0 unspecified atom stereocenters. The maximum absolute atomic E-state index is 12.4. The molecule has 2 aliphatic rings. The summed E-state index contributed by atoms with van der Waals surface area (Å²) in [5.74, 6) is -1.93. The summed E-state index contributed by atoms with van der Waals surface area (Å²) in [4.78, 5) is 42.0. The van der Waals surface area contributed by atoms with E-state index in [1.54, 1.807) is 29.3 Å². The van der Waals surface area contributed by atoms with Crippen LogP contribution in [0.1, 0.15) is 22.0 Å². The van der Waals surface area contributed by atoms with E-state index in [2.05, 4.69) is 21.2 Å². The molecule has 138 valence electrons. The highest BCUT2D eigenvalue weighted by Crippen LogP contribution is 2.44. The number of carbonyl (C=O) groups is 3. The van der Waals surface area contributed by atoms with Crippen molar-refractivity contribution >= 4 is 39.4 Å². The monoisotopic (exact) mass is 430 g/mol. The number of imide groups is 1. The average Bonchev–Trinajstić information content (AvgIpc) is 3.20. The van der Waals surface area contributed by atoms with Gasteiger partial charge in [0, 0.05) is 4.47 Å². The van der Waals surface area contributed by atoms with E-state index in [-0.39, 0.29) is 5.91 Å². The molecule has 0 saturated carbocycles. The third kappa shape index (κ3) is 3.00. The van der Waals surface area contributed by atoms with Gasteiger partial charge in [0.25, 0.3) is 5.91 Å². The minimum atomic E-state index is -0.883. The summed E-state index contributed by atoms with van der Waals surface area (Å²) < 4.78 is 5.62. The van der Waals surface area contributed by atoms with Crippen molar-refractivity contribution < 1.29 is 24.0 Å². The summed E-state index contributed by atoms with van der Waals surface area (Å²) >= 11 is 3.39. The average molecular weight is 431 g/mol. The number of hydrogen-bond acceptors (Lipinski definition) is 6. The van der Waals surface area contributed by atoms with Crippen molar-refractivity contribution in [2.75, 3.05) is 12.2 Å². The lowest BCUT2D eigenvalue weighted by atomic mass is 9.90. The Hall–Kier alpha value is -2.71. The summed E-state index contributed by atoms with van der Waals surface area (Å²) in [6.45, 7) is 0. The first-order chi connectivity index (χ1) is 13.0. The number of fused-ring (bicyclic) bond motifs is 1. The van der Waals surface area contributed by atoms with Crippen molar-refractivity contribution in [2.24, 2.45) is 5.92 Å². The normalized spacial score (nSPS) is 23.9. The molecule has 0 aliphatic carbocycles. The molecule has 27 heavy (non-hydrogen) atoms. The summed E-state index contributed by atoms with van der Waals surface area (Å²) in [5, 5.41) is 3.92. The molecule has 2 aromatic carbocycles. The highest BCUT2D eigenvalue weighted by Gasteiger charge is 2.56. The fraction of sp³-hybridized carbons (Fsp3) is 0.211. The van der Waals surface area contributed by atoms with Crippen molar-refractivity contribution in [3.8, 4) is 0 Å². The van der Waals surface area contributed by atoms with Crippen LogP contribution in [0, 0.1) is 5.92 Å². The molecule has 3 atom stereocenters. The lowest BCUT2D eigenvalue weighted by Gasteiger charge is -2.27. The second-order valence-corrected chi connectivity index (χ2v) is 7.18. The van der Waals surface area contributed by atoms with E-state index in [0.717, 1.165) is 15.7 Å². The van der Waals surface area contributed by atoms with Gasteiger partial charge >= 0.3 is 5.97 Å². The first-order valence-corrected chi connectivity index (χ1v) is 9.03. The number of nitrogens with zero attached hydrogens (tertiary/aromatic N) is 1. The third-order valence-corrected chi connectivity index (χ3v) is 5.24. The second-order valence-electron chi connectivity index (χ2n) is 6.27. The highest BCUT2D eigenvalue weighted by molar-refractivity contribution is 9.10. The summed E-state index contributed by atoms with van der Waals surface area (Å²) in [7, 11) is 1.31. The second kappa shape index (κ2) is 6.79. The molecule has 0 spiro atoms. The Morgan fingerprint density at radius 2 is 1.74 bits per heavy atom. The molecule has 2 heterocycles. The van der Waals surface area contributed by atoms with Gasteiger partial charge in [-0.05, 0) is 42.0 Å². The molecule has 2 fully saturated rings. The Balaban J connectivity index is 1.75. The molecule has 1 N–H and O–H groups in total. The molecule has 2 saturated heterocycles. The SMILES string of the molecule is COC(=O)c1ccc([C@@H]2[C@H]3C(=O)NC(=O)[C@@H]3ON2c2ccc(Br)cc2)cc1. The third-order valence-electron chi connectivity index (χ3n) is 4.71. The summed E-state index contributed by atoms with van der Waals surface area (Å²) in [6.07, 6.45) is -0.883. The van der Waals surface area contributed by atoms with Crippen LogP contribution in [-0.2, 0) is 19.2 Å². The van der Waals surface area contributed by atoms with E-state index >= 15 is 0 Å². The molecule has 2 aromatic rings. The van der Waals surface area contributed by atoms with Crippen LogP contribution in [0.5, 0.6) is 0 Å². The van der Waals surface area contributed by atoms with Gasteiger partial charge in [0.1, 0.15) is 5.92 Å². The van der Waals surface area contributed by atoms with E-state index in [4.69, 9.17) is 9.57 Å². The van der Waals surface area contributed by atoms with Crippen molar-refractivity contribution in [3.05, 3.63) is 64.1 Å². The number of rotatable bonds is 3. The van der Waals surface area contributed by atoms with Gasteiger partial charge in [-0.2, -0.15) is 0 Å². The number of esters is 1. The maximum atomic E-state index is 12.4. The van der Waals surface area contributed by atoms with Crippen LogP contribution in [0.15, 0.2) is 53.0 Å². The van der Waals surface area contributed by atoms with Crippen molar-refractivity contribution in [2.45, 2.75) is 12.1 Å². The van der Waals surface area contributed by atoms with Gasteiger partial charge in [-0.1, -0.05) is 28.1 Å². The lowest BCUT2D eigenvalue weighted by molar-refractivity contribution is -0.129. The molecule has 4 rings (SSSR count). The maximum Gasteiger partial charge on any atom is 0.337 e. The number of hydrogen-bond donors (Lipinski definition) is 1. The quantitative estimate of drug-likeness (QED) is 0.594. The molecule has 0 radical (unpaired) electrons. The molecule has 2 aliphatic heterocycles. The highest BCUT2D eigenvalue weighted by atomic mass is 79.9. The van der Waals surface area contributed by atoms with Gasteiger partial charge in [0.05, 0.1) is 24.4 Å². The largest absolute Gasteiger partial charge is 0.465 e. The van der Waals surface area contributed by atoms with Gasteiger partial charge in [-0.25, -0.2) is 9.86 Å². The lowest BCUT2D eigenvalue weighted by Crippen LogP contribution is -2.33. The number of nitrogens with one attached hydrogen (secondary N) is 1.